The van der Waals surface area contributed by atoms with E-state index < -0.39 is 24.2 Å². The molecule has 0 saturated carbocycles. The molecule has 3 rings (SSSR count). The molecule has 2 amide bonds. The summed E-state index contributed by atoms with van der Waals surface area (Å²) in [4.78, 5) is 33.0. The van der Waals surface area contributed by atoms with Crippen LogP contribution in [-0.2, 0) is 0 Å². The number of nitrogens with one attached hydrogen (secondary N) is 4. The zero-order chi connectivity index (χ0) is 21.8. The predicted octanol–water partition coefficient (Wildman–Crippen LogP) is 1.25. The van der Waals surface area contributed by atoms with Gasteiger partial charge in [0.25, 0.3) is 11.8 Å². The number of amides is 2. The number of guanidine groups is 1. The average Bonchev–Trinajstić information content (AvgIpc) is 3.09. The Morgan fingerprint density at radius 2 is 1.93 bits per heavy atom. The lowest BCUT2D eigenvalue weighted by Gasteiger charge is -2.17. The first-order valence-corrected chi connectivity index (χ1v) is 8.65. The molecule has 14 heteroatoms. The summed E-state index contributed by atoms with van der Waals surface area (Å²) in [5, 5.41) is 9.68. The molecule has 0 unspecified atom stereocenters. The van der Waals surface area contributed by atoms with Gasteiger partial charge in [-0.3, -0.25) is 24.9 Å². The summed E-state index contributed by atoms with van der Waals surface area (Å²) >= 11 is 6.26. The summed E-state index contributed by atoms with van der Waals surface area (Å²) in [6.07, 6.45) is 2.69. The van der Waals surface area contributed by atoms with Crippen LogP contribution in [0.25, 0.3) is 0 Å². The number of alkyl halides is 2. The van der Waals surface area contributed by atoms with Crippen LogP contribution in [0.2, 0.25) is 5.02 Å². The first-order valence-electron chi connectivity index (χ1n) is 8.27. The van der Waals surface area contributed by atoms with Crippen LogP contribution in [0.15, 0.2) is 29.6 Å². The second-order valence-corrected chi connectivity index (χ2v) is 6.17. The Kier molecular flexibility index (Phi) is 6.23. The number of aromatic nitrogens is 2. The van der Waals surface area contributed by atoms with Crippen LogP contribution in [0.5, 0.6) is 5.75 Å². The third-order valence-corrected chi connectivity index (χ3v) is 4.21. The fraction of sp³-hybridized carbons (Fsp3) is 0.188. The number of nitrogens with zero attached hydrogens (tertiary/aromatic N) is 4. The maximum absolute atomic E-state index is 12.8. The van der Waals surface area contributed by atoms with Gasteiger partial charge in [-0.2, -0.15) is 8.78 Å². The van der Waals surface area contributed by atoms with Crippen LogP contribution in [0.3, 0.4) is 0 Å². The maximum Gasteiger partial charge on any atom is 0.387 e. The first kappa shape index (κ1) is 21.1. The summed E-state index contributed by atoms with van der Waals surface area (Å²) in [5.41, 5.74) is 4.83. The Morgan fingerprint density at radius 3 is 2.57 bits per heavy atom. The molecule has 2 heterocycles. The molecule has 0 bridgehead atoms. The number of halogens is 3. The molecule has 1 aromatic heterocycles. The molecule has 30 heavy (non-hydrogen) atoms. The molecule has 0 spiro atoms. The smallest absolute Gasteiger partial charge is 0.387 e. The number of ether oxygens (including phenoxy) is 1. The van der Waals surface area contributed by atoms with Gasteiger partial charge in [0.05, 0.1) is 16.3 Å². The highest BCUT2D eigenvalue weighted by Gasteiger charge is 2.24. The fourth-order valence-corrected chi connectivity index (χ4v) is 2.70. The molecule has 0 fully saturated rings. The normalized spacial score (nSPS) is 13.0. The number of hydrogen-bond acceptors (Lipinski definition) is 9. The van der Waals surface area contributed by atoms with E-state index in [1.165, 1.54) is 23.5 Å². The third-order valence-electron chi connectivity index (χ3n) is 3.82. The van der Waals surface area contributed by atoms with Crippen molar-refractivity contribution >= 4 is 35.1 Å². The van der Waals surface area contributed by atoms with Crippen LogP contribution >= 0.6 is 11.6 Å². The summed E-state index contributed by atoms with van der Waals surface area (Å²) in [5.74, 6) is -1.77. The first-order chi connectivity index (χ1) is 14.3. The predicted molar refractivity (Wildman–Crippen MR) is 102 cm³/mol. The van der Waals surface area contributed by atoms with Gasteiger partial charge < -0.3 is 10.1 Å². The molecular formula is C16H15ClF2N8O3. The molecular weight excluding hydrogens is 426 g/mol. The zero-order valence-electron chi connectivity index (χ0n) is 15.5. The van der Waals surface area contributed by atoms with E-state index >= 15 is 0 Å². The fourth-order valence-electron chi connectivity index (χ4n) is 2.41. The molecule has 0 radical (unpaired) electrons. The Morgan fingerprint density at radius 1 is 1.20 bits per heavy atom. The standard InChI is InChI=1S/C16H15ClF2N8O3/c1-7-11(21-6-5-20-7)14(29)22-12-9(30-15(18)19)4-3-8(10(12)17)13(28)23-16-24-25-26-27(16)2/h3-6,15,25-26H,1-2H3,(H,22,29)(H,23,24,28). The lowest BCUT2D eigenvalue weighted by Crippen LogP contribution is -2.45. The van der Waals surface area contributed by atoms with Crippen LogP contribution in [0.1, 0.15) is 26.5 Å². The van der Waals surface area contributed by atoms with Crippen molar-refractivity contribution in [2.24, 2.45) is 5.10 Å². The summed E-state index contributed by atoms with van der Waals surface area (Å²) in [6, 6.07) is 2.26. The SMILES string of the molecule is Cc1nccnc1C(=O)Nc1c(OC(F)F)ccc(C(=O)NC2=NNNN2C)c1Cl. The highest BCUT2D eigenvalue weighted by atomic mass is 35.5. The maximum atomic E-state index is 12.8. The molecule has 0 atom stereocenters. The van der Waals surface area contributed by atoms with Gasteiger partial charge in [0.2, 0.25) is 5.96 Å². The van der Waals surface area contributed by atoms with Crippen LogP contribution in [-0.4, -0.2) is 46.4 Å². The second-order valence-electron chi connectivity index (χ2n) is 5.80. The van der Waals surface area contributed by atoms with E-state index in [0.29, 0.717) is 5.69 Å². The molecule has 0 aliphatic carbocycles. The monoisotopic (exact) mass is 440 g/mol. The van der Waals surface area contributed by atoms with Gasteiger partial charge in [0.1, 0.15) is 11.4 Å². The van der Waals surface area contributed by atoms with Crippen molar-refractivity contribution in [1.29, 1.82) is 0 Å². The van der Waals surface area contributed by atoms with Gasteiger partial charge in [0.15, 0.2) is 5.75 Å². The van der Waals surface area contributed by atoms with E-state index in [0.717, 1.165) is 6.07 Å². The summed E-state index contributed by atoms with van der Waals surface area (Å²) in [7, 11) is 1.58. The van der Waals surface area contributed by atoms with Crippen molar-refractivity contribution < 1.29 is 23.1 Å². The highest BCUT2D eigenvalue weighted by molar-refractivity contribution is 6.37. The quantitative estimate of drug-likeness (QED) is 0.546. The number of hydrazine groups is 2. The number of hydrazone groups is 1. The number of benzene rings is 1. The molecule has 2 aromatic rings. The van der Waals surface area contributed by atoms with E-state index in [4.69, 9.17) is 11.6 Å². The van der Waals surface area contributed by atoms with Crippen LogP contribution in [0.4, 0.5) is 14.5 Å². The van der Waals surface area contributed by atoms with E-state index in [1.807, 2.05) is 0 Å². The zero-order valence-corrected chi connectivity index (χ0v) is 16.3. The number of carbonyl (C=O) groups is 2. The van der Waals surface area contributed by atoms with Crippen molar-refractivity contribution in [1.82, 2.24) is 31.4 Å². The molecule has 158 valence electrons. The Labute approximate surface area is 173 Å². The Balaban J connectivity index is 1.94. The average molecular weight is 441 g/mol. The number of anilines is 1. The van der Waals surface area contributed by atoms with Gasteiger partial charge in [-0.1, -0.05) is 11.6 Å². The number of carbonyl (C=O) groups excluding carboxylic acids is 2. The minimum absolute atomic E-state index is 0.0505. The topological polar surface area (TPSA) is 133 Å². The summed E-state index contributed by atoms with van der Waals surface area (Å²) in [6.45, 7) is -1.64. The van der Waals surface area contributed by atoms with Crippen molar-refractivity contribution in [3.05, 3.63) is 46.5 Å². The Hall–Kier alpha value is -3.58. The largest absolute Gasteiger partial charge is 0.433 e. The van der Waals surface area contributed by atoms with Gasteiger partial charge >= 0.3 is 6.61 Å². The number of hydrogen-bond donors (Lipinski definition) is 4. The molecule has 0 saturated heterocycles. The minimum Gasteiger partial charge on any atom is -0.433 e. The van der Waals surface area contributed by atoms with Crippen molar-refractivity contribution in [3.63, 3.8) is 0 Å². The van der Waals surface area contributed by atoms with Crippen LogP contribution in [0, 0.1) is 6.92 Å². The number of rotatable bonds is 5. The molecule has 1 aliphatic heterocycles. The molecule has 11 nitrogen and oxygen atoms in total. The highest BCUT2D eigenvalue weighted by Crippen LogP contribution is 2.36. The van der Waals surface area contributed by atoms with Gasteiger partial charge in [-0.25, -0.2) is 10.5 Å². The van der Waals surface area contributed by atoms with Crippen molar-refractivity contribution in [2.75, 3.05) is 12.4 Å². The van der Waals surface area contributed by atoms with Crippen molar-refractivity contribution in [2.45, 2.75) is 13.5 Å². The van der Waals surface area contributed by atoms with E-state index in [9.17, 15) is 18.4 Å². The summed E-state index contributed by atoms with van der Waals surface area (Å²) < 4.78 is 30.1. The van der Waals surface area contributed by atoms with Gasteiger partial charge in [0, 0.05) is 19.4 Å². The minimum atomic E-state index is -3.19. The van der Waals surface area contributed by atoms with Crippen LogP contribution < -0.4 is 26.4 Å². The third kappa shape index (κ3) is 4.52. The van der Waals surface area contributed by atoms with Gasteiger partial charge in [-0.05, 0) is 19.1 Å². The molecule has 4 N–H and O–H groups in total. The van der Waals surface area contributed by atoms with Gasteiger partial charge in [-0.15, -0.1) is 10.6 Å². The van der Waals surface area contributed by atoms with Crippen molar-refractivity contribution in [3.8, 4) is 5.75 Å². The van der Waals surface area contributed by atoms with E-state index in [1.54, 1.807) is 14.0 Å². The van der Waals surface area contributed by atoms with E-state index in [-0.39, 0.29) is 27.9 Å². The Bertz CT molecular complexity index is 1020. The lowest BCUT2D eigenvalue weighted by atomic mass is 10.1. The lowest BCUT2D eigenvalue weighted by molar-refractivity contribution is -0.0493. The second kappa shape index (κ2) is 8.84. The molecule has 1 aromatic carbocycles. The number of aryl methyl sites for hydroxylation is 1. The molecule has 1 aliphatic rings. The van der Waals surface area contributed by atoms with E-state index in [2.05, 4.69) is 41.5 Å².